The number of rotatable bonds is 6. The minimum absolute atomic E-state index is 0.139. The fourth-order valence-electron chi connectivity index (χ4n) is 2.11. The Balaban J connectivity index is 1.88. The molecule has 1 N–H and O–H groups in total. The van der Waals surface area contributed by atoms with Crippen molar-refractivity contribution in [1.82, 2.24) is 5.32 Å². The Morgan fingerprint density at radius 1 is 1.10 bits per heavy atom. The maximum absolute atomic E-state index is 10.7. The van der Waals surface area contributed by atoms with E-state index in [-0.39, 0.29) is 10.6 Å². The summed E-state index contributed by atoms with van der Waals surface area (Å²) in [6.07, 6.45) is 0.940. The fourth-order valence-corrected chi connectivity index (χ4v) is 2.11. The second-order valence-electron chi connectivity index (χ2n) is 4.90. The summed E-state index contributed by atoms with van der Waals surface area (Å²) in [5, 5.41) is 14.1. The van der Waals surface area contributed by atoms with E-state index in [1.165, 1.54) is 11.6 Å². The van der Waals surface area contributed by atoms with Gasteiger partial charge in [-0.15, -0.1) is 0 Å². The van der Waals surface area contributed by atoms with Crippen LogP contribution < -0.4 is 5.32 Å². The number of hydrogen-bond acceptors (Lipinski definition) is 3. The van der Waals surface area contributed by atoms with E-state index in [2.05, 4.69) is 24.4 Å². The number of non-ortho nitro benzene ring substituents is 1. The maximum atomic E-state index is 10.7. The molecule has 2 aromatic carbocycles. The molecule has 0 saturated heterocycles. The third kappa shape index (κ3) is 4.17. The molecule has 4 nitrogen and oxygen atoms in total. The average Bonchev–Trinajstić information content (AvgIpc) is 2.46. The van der Waals surface area contributed by atoms with E-state index in [4.69, 9.17) is 0 Å². The Morgan fingerprint density at radius 3 is 2.50 bits per heavy atom. The number of hydrogen-bond donors (Lipinski definition) is 1. The predicted octanol–water partition coefficient (Wildman–Crippen LogP) is 3.32. The van der Waals surface area contributed by atoms with Crippen LogP contribution in [0.1, 0.15) is 18.1 Å². The van der Waals surface area contributed by atoms with Crippen molar-refractivity contribution >= 4 is 5.69 Å². The summed E-state index contributed by atoms with van der Waals surface area (Å²) >= 11 is 0. The first-order valence-corrected chi connectivity index (χ1v) is 6.66. The number of benzene rings is 2. The molecule has 2 rings (SSSR count). The van der Waals surface area contributed by atoms with Gasteiger partial charge < -0.3 is 5.32 Å². The molecule has 1 unspecified atom stereocenters. The molecule has 1 atom stereocenters. The first-order valence-electron chi connectivity index (χ1n) is 6.66. The van der Waals surface area contributed by atoms with Gasteiger partial charge in [-0.3, -0.25) is 10.1 Å². The van der Waals surface area contributed by atoms with Crippen LogP contribution in [0.15, 0.2) is 54.6 Å². The van der Waals surface area contributed by atoms with Gasteiger partial charge in [-0.05, 0) is 24.5 Å². The zero-order chi connectivity index (χ0) is 14.4. The minimum atomic E-state index is -0.364. The fraction of sp³-hybridized carbons (Fsp3) is 0.250. The summed E-state index contributed by atoms with van der Waals surface area (Å²) in [7, 11) is 0. The van der Waals surface area contributed by atoms with Crippen LogP contribution in [0.4, 0.5) is 5.69 Å². The third-order valence-corrected chi connectivity index (χ3v) is 3.16. The molecule has 0 fully saturated rings. The van der Waals surface area contributed by atoms with Crippen LogP contribution in [0.3, 0.4) is 0 Å². The van der Waals surface area contributed by atoms with Crippen molar-refractivity contribution in [1.29, 1.82) is 0 Å². The van der Waals surface area contributed by atoms with Crippen LogP contribution in [0.5, 0.6) is 0 Å². The van der Waals surface area contributed by atoms with Gasteiger partial charge in [0.1, 0.15) is 0 Å². The molecule has 0 aliphatic heterocycles. The summed E-state index contributed by atoms with van der Waals surface area (Å²) in [4.78, 5) is 10.4. The predicted molar refractivity (Wildman–Crippen MR) is 79.5 cm³/mol. The van der Waals surface area contributed by atoms with Crippen molar-refractivity contribution in [3.05, 3.63) is 75.8 Å². The van der Waals surface area contributed by atoms with Crippen molar-refractivity contribution in [3.63, 3.8) is 0 Å². The molecular weight excluding hydrogens is 252 g/mol. The van der Waals surface area contributed by atoms with Crippen molar-refractivity contribution < 1.29 is 4.92 Å². The highest BCUT2D eigenvalue weighted by atomic mass is 16.6. The molecule has 0 radical (unpaired) electrons. The van der Waals surface area contributed by atoms with Crippen LogP contribution in [0.2, 0.25) is 0 Å². The molecule has 0 spiro atoms. The van der Waals surface area contributed by atoms with Gasteiger partial charge in [0.2, 0.25) is 0 Å². The zero-order valence-corrected chi connectivity index (χ0v) is 11.5. The van der Waals surface area contributed by atoms with E-state index >= 15 is 0 Å². The third-order valence-electron chi connectivity index (χ3n) is 3.16. The lowest BCUT2D eigenvalue weighted by Gasteiger charge is -2.13. The number of nitrogens with zero attached hydrogens (tertiary/aromatic N) is 1. The SMILES string of the molecule is CC(Cc1ccccc1)NCc1cccc([N+](=O)[O-])c1. The molecule has 20 heavy (non-hydrogen) atoms. The van der Waals surface area contributed by atoms with E-state index in [0.717, 1.165) is 12.0 Å². The van der Waals surface area contributed by atoms with Gasteiger partial charge in [-0.1, -0.05) is 42.5 Å². The summed E-state index contributed by atoms with van der Waals surface area (Å²) in [5.41, 5.74) is 2.35. The Hall–Kier alpha value is -2.20. The Bertz CT molecular complexity index is 570. The molecule has 2 aromatic rings. The highest BCUT2D eigenvalue weighted by Crippen LogP contribution is 2.13. The summed E-state index contributed by atoms with van der Waals surface area (Å²) in [6.45, 7) is 2.75. The molecular formula is C16H18N2O2. The lowest BCUT2D eigenvalue weighted by molar-refractivity contribution is -0.384. The average molecular weight is 270 g/mol. The second-order valence-corrected chi connectivity index (χ2v) is 4.90. The van der Waals surface area contributed by atoms with Crippen molar-refractivity contribution in [3.8, 4) is 0 Å². The van der Waals surface area contributed by atoms with Gasteiger partial charge in [0.05, 0.1) is 4.92 Å². The Kier molecular flexibility index (Phi) is 4.85. The maximum Gasteiger partial charge on any atom is 0.269 e. The van der Waals surface area contributed by atoms with Crippen molar-refractivity contribution in [2.24, 2.45) is 0 Å². The molecule has 0 aromatic heterocycles. The summed E-state index contributed by atoms with van der Waals surface area (Å²) < 4.78 is 0. The van der Waals surface area contributed by atoms with Crippen LogP contribution in [-0.2, 0) is 13.0 Å². The molecule has 0 bridgehead atoms. The minimum Gasteiger partial charge on any atom is -0.310 e. The molecule has 4 heteroatoms. The highest BCUT2D eigenvalue weighted by molar-refractivity contribution is 5.34. The topological polar surface area (TPSA) is 55.2 Å². The van der Waals surface area contributed by atoms with Crippen LogP contribution in [0.25, 0.3) is 0 Å². The van der Waals surface area contributed by atoms with Crippen molar-refractivity contribution in [2.45, 2.75) is 25.9 Å². The molecule has 0 aliphatic carbocycles. The van der Waals surface area contributed by atoms with Gasteiger partial charge >= 0.3 is 0 Å². The number of nitrogens with one attached hydrogen (secondary N) is 1. The van der Waals surface area contributed by atoms with Crippen LogP contribution >= 0.6 is 0 Å². The van der Waals surface area contributed by atoms with Crippen LogP contribution in [0, 0.1) is 10.1 Å². The first-order chi connectivity index (χ1) is 9.65. The molecule has 0 saturated carbocycles. The monoisotopic (exact) mass is 270 g/mol. The number of nitro benzene ring substituents is 1. The van der Waals surface area contributed by atoms with E-state index < -0.39 is 0 Å². The Morgan fingerprint density at radius 2 is 1.80 bits per heavy atom. The highest BCUT2D eigenvalue weighted by Gasteiger charge is 2.07. The van der Waals surface area contributed by atoms with Crippen molar-refractivity contribution in [2.75, 3.05) is 0 Å². The summed E-state index contributed by atoms with van der Waals surface area (Å²) in [5.74, 6) is 0. The zero-order valence-electron chi connectivity index (χ0n) is 11.5. The molecule has 104 valence electrons. The lowest BCUT2D eigenvalue weighted by Crippen LogP contribution is -2.27. The normalized spacial score (nSPS) is 12.1. The lowest BCUT2D eigenvalue weighted by atomic mass is 10.1. The van der Waals surface area contributed by atoms with Gasteiger partial charge in [0.25, 0.3) is 5.69 Å². The van der Waals surface area contributed by atoms with E-state index in [1.54, 1.807) is 12.1 Å². The van der Waals surface area contributed by atoms with E-state index in [9.17, 15) is 10.1 Å². The Labute approximate surface area is 118 Å². The molecule has 0 aliphatic rings. The number of nitro groups is 1. The largest absolute Gasteiger partial charge is 0.310 e. The first kappa shape index (κ1) is 14.2. The van der Waals surface area contributed by atoms with Gasteiger partial charge in [-0.25, -0.2) is 0 Å². The second kappa shape index (κ2) is 6.82. The smallest absolute Gasteiger partial charge is 0.269 e. The molecule has 0 heterocycles. The summed E-state index contributed by atoms with van der Waals surface area (Å²) in [6, 6.07) is 17.3. The van der Waals surface area contributed by atoms with Gasteiger partial charge in [-0.2, -0.15) is 0 Å². The van der Waals surface area contributed by atoms with E-state index in [1.807, 2.05) is 24.3 Å². The van der Waals surface area contributed by atoms with Gasteiger partial charge in [0.15, 0.2) is 0 Å². The quantitative estimate of drug-likeness (QED) is 0.647. The standard InChI is InChI=1S/C16H18N2O2/c1-13(10-14-6-3-2-4-7-14)17-12-15-8-5-9-16(11-15)18(19)20/h2-9,11,13,17H,10,12H2,1H3. The van der Waals surface area contributed by atoms with E-state index in [0.29, 0.717) is 12.6 Å². The van der Waals surface area contributed by atoms with Gasteiger partial charge in [0, 0.05) is 24.7 Å². The molecule has 0 amide bonds. The van der Waals surface area contributed by atoms with Crippen LogP contribution in [-0.4, -0.2) is 11.0 Å².